The normalized spacial score (nSPS) is 23.9. The Hall–Kier alpha value is -0.940. The first-order valence-electron chi connectivity index (χ1n) is 7.87. The smallest absolute Gasteiger partial charge is 0.0332 e. The monoisotopic (exact) mass is 276 g/mol. The third kappa shape index (κ3) is 6.01. The molecule has 0 radical (unpaired) electrons. The molecular weight excluding hydrogens is 248 g/mol. The van der Waals surface area contributed by atoms with Crippen LogP contribution in [0.1, 0.15) is 24.4 Å². The largest absolute Gasteiger partial charge is 0.315 e. The first kappa shape index (κ1) is 15.4. The van der Waals surface area contributed by atoms with E-state index in [2.05, 4.69) is 51.6 Å². The van der Waals surface area contributed by atoms with E-state index < -0.39 is 0 Å². The number of nitrogens with one attached hydrogen (secondary N) is 4. The summed E-state index contributed by atoms with van der Waals surface area (Å²) in [4.78, 5) is 0. The average molecular weight is 276 g/mol. The summed E-state index contributed by atoms with van der Waals surface area (Å²) in [6.07, 6.45) is 2.33. The second-order valence-corrected chi connectivity index (χ2v) is 5.31. The molecule has 0 bridgehead atoms. The van der Waals surface area contributed by atoms with E-state index in [9.17, 15) is 0 Å². The van der Waals surface area contributed by atoms with Crippen molar-refractivity contribution in [3.63, 3.8) is 0 Å². The molecule has 112 valence electrons. The molecule has 20 heavy (non-hydrogen) atoms. The average Bonchev–Trinajstić information content (AvgIpc) is 2.50. The lowest BCUT2D eigenvalue weighted by molar-refractivity contribution is 0.461. The maximum atomic E-state index is 3.67. The highest BCUT2D eigenvalue weighted by Gasteiger charge is 2.09. The maximum absolute atomic E-state index is 3.67. The van der Waals surface area contributed by atoms with E-state index in [0.717, 1.165) is 52.2 Å². The Labute approximate surface area is 122 Å². The highest BCUT2D eigenvalue weighted by atomic mass is 15.0. The van der Waals surface area contributed by atoms with Crippen LogP contribution < -0.4 is 21.3 Å². The molecule has 4 heteroatoms. The van der Waals surface area contributed by atoms with Gasteiger partial charge in [-0.05, 0) is 38.0 Å². The number of hydrogen-bond acceptors (Lipinski definition) is 4. The van der Waals surface area contributed by atoms with Gasteiger partial charge in [0, 0.05) is 32.2 Å². The molecule has 1 heterocycles. The summed E-state index contributed by atoms with van der Waals surface area (Å²) < 4.78 is 0. The van der Waals surface area contributed by atoms with Crippen LogP contribution in [-0.4, -0.2) is 45.8 Å². The van der Waals surface area contributed by atoms with Crippen LogP contribution in [0, 0.1) is 0 Å². The lowest BCUT2D eigenvalue weighted by Gasteiger charge is -2.20. The minimum atomic E-state index is 0.446. The van der Waals surface area contributed by atoms with Gasteiger partial charge in [-0.1, -0.05) is 30.3 Å². The first-order valence-corrected chi connectivity index (χ1v) is 7.87. The van der Waals surface area contributed by atoms with Crippen LogP contribution >= 0.6 is 0 Å². The van der Waals surface area contributed by atoms with Gasteiger partial charge >= 0.3 is 0 Å². The standard InChI is InChI=1S/C16H28N4/c1-2-5-15(6-3-1)16-7-10-19-12-11-17-8-4-9-18-13-14-20-16/h1-3,5-6,16-20H,4,7-14H2. The molecule has 4 nitrogen and oxygen atoms in total. The van der Waals surface area contributed by atoms with E-state index in [1.54, 1.807) is 0 Å². The van der Waals surface area contributed by atoms with Crippen LogP contribution in [0.25, 0.3) is 0 Å². The molecule has 1 aromatic rings. The van der Waals surface area contributed by atoms with Crippen molar-refractivity contribution in [2.45, 2.75) is 18.9 Å². The van der Waals surface area contributed by atoms with E-state index >= 15 is 0 Å². The molecule has 0 aromatic heterocycles. The third-order valence-electron chi connectivity index (χ3n) is 3.69. The summed E-state index contributed by atoms with van der Waals surface area (Å²) in [5.74, 6) is 0. The fraction of sp³-hybridized carbons (Fsp3) is 0.625. The minimum absolute atomic E-state index is 0.446. The molecule has 1 aliphatic heterocycles. The molecule has 0 saturated carbocycles. The van der Waals surface area contributed by atoms with Gasteiger partial charge in [0.2, 0.25) is 0 Å². The van der Waals surface area contributed by atoms with E-state index in [1.807, 2.05) is 0 Å². The van der Waals surface area contributed by atoms with E-state index in [4.69, 9.17) is 0 Å². The van der Waals surface area contributed by atoms with Crippen molar-refractivity contribution in [1.29, 1.82) is 0 Å². The van der Waals surface area contributed by atoms with Crippen molar-refractivity contribution in [2.24, 2.45) is 0 Å². The lowest BCUT2D eigenvalue weighted by atomic mass is 10.0. The molecule has 1 atom stereocenters. The zero-order valence-electron chi connectivity index (χ0n) is 12.3. The third-order valence-corrected chi connectivity index (χ3v) is 3.69. The molecule has 2 rings (SSSR count). The van der Waals surface area contributed by atoms with Gasteiger partial charge in [0.25, 0.3) is 0 Å². The van der Waals surface area contributed by atoms with E-state index in [1.165, 1.54) is 12.0 Å². The zero-order valence-corrected chi connectivity index (χ0v) is 12.3. The van der Waals surface area contributed by atoms with Gasteiger partial charge in [-0.25, -0.2) is 0 Å². The first-order chi connectivity index (χ1) is 9.97. The van der Waals surface area contributed by atoms with Gasteiger partial charge in [0.1, 0.15) is 0 Å². The Balaban J connectivity index is 1.84. The molecular formula is C16H28N4. The topological polar surface area (TPSA) is 48.1 Å². The van der Waals surface area contributed by atoms with E-state index in [-0.39, 0.29) is 0 Å². The minimum Gasteiger partial charge on any atom is -0.315 e. The zero-order chi connectivity index (χ0) is 13.9. The van der Waals surface area contributed by atoms with Crippen LogP contribution in [0.4, 0.5) is 0 Å². The number of hydrogen-bond donors (Lipinski definition) is 4. The van der Waals surface area contributed by atoms with Crippen LogP contribution in [0.5, 0.6) is 0 Å². The Bertz CT molecular complexity index is 328. The van der Waals surface area contributed by atoms with Crippen molar-refractivity contribution in [3.05, 3.63) is 35.9 Å². The molecule has 0 aliphatic carbocycles. The highest BCUT2D eigenvalue weighted by molar-refractivity contribution is 5.18. The summed E-state index contributed by atoms with van der Waals surface area (Å²) in [5, 5.41) is 14.1. The summed E-state index contributed by atoms with van der Waals surface area (Å²) in [5.41, 5.74) is 1.39. The van der Waals surface area contributed by atoms with Crippen molar-refractivity contribution in [1.82, 2.24) is 21.3 Å². The number of rotatable bonds is 1. The molecule has 1 fully saturated rings. The fourth-order valence-corrected chi connectivity index (χ4v) is 2.54. The molecule has 0 amide bonds. The molecule has 1 aromatic carbocycles. The van der Waals surface area contributed by atoms with Gasteiger partial charge in [0.05, 0.1) is 0 Å². The highest BCUT2D eigenvalue weighted by Crippen LogP contribution is 2.15. The van der Waals surface area contributed by atoms with Gasteiger partial charge in [0.15, 0.2) is 0 Å². The van der Waals surface area contributed by atoms with Crippen LogP contribution in [0.3, 0.4) is 0 Å². The second kappa shape index (κ2) is 9.88. The van der Waals surface area contributed by atoms with E-state index in [0.29, 0.717) is 6.04 Å². The number of benzene rings is 1. The Morgan fingerprint density at radius 1 is 0.700 bits per heavy atom. The predicted octanol–water partition coefficient (Wildman–Crippen LogP) is 0.880. The molecule has 4 N–H and O–H groups in total. The van der Waals surface area contributed by atoms with Crippen LogP contribution in [-0.2, 0) is 0 Å². The van der Waals surface area contributed by atoms with Crippen LogP contribution in [0.15, 0.2) is 30.3 Å². The lowest BCUT2D eigenvalue weighted by Crippen LogP contribution is -2.35. The summed E-state index contributed by atoms with van der Waals surface area (Å²) in [6.45, 7) is 7.43. The quantitative estimate of drug-likeness (QED) is 0.615. The predicted molar refractivity (Wildman–Crippen MR) is 85.0 cm³/mol. The Morgan fingerprint density at radius 3 is 2.10 bits per heavy atom. The molecule has 1 saturated heterocycles. The summed E-state index contributed by atoms with van der Waals surface area (Å²) in [7, 11) is 0. The van der Waals surface area contributed by atoms with Crippen molar-refractivity contribution >= 4 is 0 Å². The SMILES string of the molecule is c1ccc(C2CCNCCNCCCNCCN2)cc1. The van der Waals surface area contributed by atoms with Crippen LogP contribution in [0.2, 0.25) is 0 Å². The van der Waals surface area contributed by atoms with Crippen molar-refractivity contribution in [2.75, 3.05) is 45.8 Å². The molecule has 1 aliphatic rings. The summed E-state index contributed by atoms with van der Waals surface area (Å²) in [6, 6.07) is 11.2. The maximum Gasteiger partial charge on any atom is 0.0332 e. The van der Waals surface area contributed by atoms with Gasteiger partial charge in [-0.3, -0.25) is 0 Å². The van der Waals surface area contributed by atoms with Crippen molar-refractivity contribution in [3.8, 4) is 0 Å². The van der Waals surface area contributed by atoms with Gasteiger partial charge in [-0.15, -0.1) is 0 Å². The Morgan fingerprint density at radius 2 is 1.35 bits per heavy atom. The second-order valence-electron chi connectivity index (χ2n) is 5.31. The Kier molecular flexibility index (Phi) is 7.64. The fourth-order valence-electron chi connectivity index (χ4n) is 2.54. The van der Waals surface area contributed by atoms with Crippen molar-refractivity contribution < 1.29 is 0 Å². The van der Waals surface area contributed by atoms with Gasteiger partial charge in [-0.2, -0.15) is 0 Å². The summed E-state index contributed by atoms with van der Waals surface area (Å²) >= 11 is 0. The molecule has 0 spiro atoms. The molecule has 1 unspecified atom stereocenters. The van der Waals surface area contributed by atoms with Gasteiger partial charge < -0.3 is 21.3 Å².